The quantitative estimate of drug-likeness (QED) is 0.768. The number of hydrogen-bond acceptors (Lipinski definition) is 3. The summed E-state index contributed by atoms with van der Waals surface area (Å²) in [7, 11) is 0. The average Bonchev–Trinajstić information content (AvgIpc) is 2.39. The van der Waals surface area contributed by atoms with Crippen molar-refractivity contribution in [1.82, 2.24) is 4.90 Å². The first-order valence-corrected chi connectivity index (χ1v) is 7.97. The van der Waals surface area contributed by atoms with Gasteiger partial charge in [0.15, 0.2) is 0 Å². The van der Waals surface area contributed by atoms with Crippen molar-refractivity contribution >= 4 is 5.91 Å². The number of likely N-dealkylation sites (tertiary alicyclic amines) is 1. The fourth-order valence-corrected chi connectivity index (χ4v) is 3.85. The Hall–Kier alpha value is -0.610. The second kappa shape index (κ2) is 5.64. The number of aliphatic hydroxyl groups is 1. The minimum atomic E-state index is -0.259. The van der Waals surface area contributed by atoms with E-state index in [0.717, 1.165) is 12.8 Å². The van der Waals surface area contributed by atoms with Crippen LogP contribution >= 0.6 is 0 Å². The summed E-state index contributed by atoms with van der Waals surface area (Å²) in [5.74, 6) is 0.879. The minimum Gasteiger partial charge on any atom is -0.393 e. The van der Waals surface area contributed by atoms with Crippen LogP contribution in [-0.2, 0) is 4.79 Å². The summed E-state index contributed by atoms with van der Waals surface area (Å²) < 4.78 is 0. The van der Waals surface area contributed by atoms with Crippen LogP contribution in [0.4, 0.5) is 0 Å². The lowest BCUT2D eigenvalue weighted by molar-refractivity contribution is -0.147. The number of amides is 1. The molecule has 0 radical (unpaired) electrons. The zero-order valence-electron chi connectivity index (χ0n) is 13.3. The monoisotopic (exact) mass is 282 g/mol. The highest BCUT2D eigenvalue weighted by molar-refractivity contribution is 5.80. The first-order chi connectivity index (χ1) is 9.25. The summed E-state index contributed by atoms with van der Waals surface area (Å²) in [5.41, 5.74) is 6.13. The molecule has 0 spiro atoms. The van der Waals surface area contributed by atoms with Crippen molar-refractivity contribution in [3.05, 3.63) is 0 Å². The van der Waals surface area contributed by atoms with Gasteiger partial charge in [0, 0.05) is 25.0 Å². The number of hydrogen-bond donors (Lipinski definition) is 2. The third-order valence-electron chi connectivity index (χ3n) is 5.97. The molecule has 116 valence electrons. The molecule has 1 amide bonds. The van der Waals surface area contributed by atoms with Gasteiger partial charge in [-0.2, -0.15) is 0 Å². The van der Waals surface area contributed by atoms with Gasteiger partial charge in [-0.1, -0.05) is 27.7 Å². The number of carbonyl (C=O) groups is 1. The van der Waals surface area contributed by atoms with Crippen LogP contribution in [0.25, 0.3) is 0 Å². The maximum Gasteiger partial charge on any atom is 0.226 e. The molecular weight excluding hydrogens is 252 g/mol. The fourth-order valence-electron chi connectivity index (χ4n) is 3.85. The van der Waals surface area contributed by atoms with Crippen LogP contribution in [-0.4, -0.2) is 41.1 Å². The Morgan fingerprint density at radius 3 is 2.50 bits per heavy atom. The normalized spacial score (nSPS) is 41.5. The molecule has 0 bridgehead atoms. The van der Waals surface area contributed by atoms with Gasteiger partial charge in [-0.05, 0) is 36.5 Å². The highest BCUT2D eigenvalue weighted by Gasteiger charge is 2.46. The first-order valence-electron chi connectivity index (χ1n) is 7.97. The van der Waals surface area contributed by atoms with Gasteiger partial charge in [0.1, 0.15) is 0 Å². The molecule has 0 aromatic rings. The highest BCUT2D eigenvalue weighted by Crippen LogP contribution is 2.45. The molecule has 2 fully saturated rings. The lowest BCUT2D eigenvalue weighted by Crippen LogP contribution is -2.54. The lowest BCUT2D eigenvalue weighted by atomic mass is 9.60. The molecule has 5 unspecified atom stereocenters. The zero-order chi connectivity index (χ0) is 15.1. The molecule has 3 N–H and O–H groups in total. The van der Waals surface area contributed by atoms with Crippen LogP contribution in [0.3, 0.4) is 0 Å². The summed E-state index contributed by atoms with van der Waals surface area (Å²) in [5, 5.41) is 9.81. The van der Waals surface area contributed by atoms with E-state index in [1.807, 2.05) is 11.8 Å². The molecule has 4 nitrogen and oxygen atoms in total. The minimum absolute atomic E-state index is 0.0476. The summed E-state index contributed by atoms with van der Waals surface area (Å²) in [6.07, 6.45) is 2.28. The SMILES string of the molecule is CC1CN(C(=O)C2CCC(N)C(C)C2(C)C)CCC1O. The standard InChI is InChI=1S/C16H30N2O2/c1-10-9-18(8-7-14(10)19)15(20)12-5-6-13(17)11(2)16(12,3)4/h10-14,19H,5-9,17H2,1-4H3. The van der Waals surface area contributed by atoms with Crippen molar-refractivity contribution in [1.29, 1.82) is 0 Å². The molecular formula is C16H30N2O2. The molecule has 0 aromatic carbocycles. The van der Waals surface area contributed by atoms with Gasteiger partial charge in [-0.3, -0.25) is 4.79 Å². The molecule has 1 saturated heterocycles. The molecule has 1 aliphatic heterocycles. The van der Waals surface area contributed by atoms with Crippen molar-refractivity contribution in [2.45, 2.75) is 59.1 Å². The number of rotatable bonds is 1. The number of nitrogens with zero attached hydrogens (tertiary/aromatic N) is 1. The summed E-state index contributed by atoms with van der Waals surface area (Å²) in [4.78, 5) is 14.8. The summed E-state index contributed by atoms with van der Waals surface area (Å²) >= 11 is 0. The number of carbonyl (C=O) groups excluding carboxylic acids is 1. The van der Waals surface area contributed by atoms with E-state index in [1.54, 1.807) is 0 Å². The number of nitrogens with two attached hydrogens (primary N) is 1. The molecule has 20 heavy (non-hydrogen) atoms. The Morgan fingerprint density at radius 2 is 1.90 bits per heavy atom. The van der Waals surface area contributed by atoms with E-state index < -0.39 is 0 Å². The van der Waals surface area contributed by atoms with Gasteiger partial charge in [0.25, 0.3) is 0 Å². The first kappa shape index (κ1) is 15.8. The van der Waals surface area contributed by atoms with Crippen LogP contribution < -0.4 is 5.73 Å². The Kier molecular flexibility index (Phi) is 4.45. The average molecular weight is 282 g/mol. The second-order valence-corrected chi connectivity index (χ2v) is 7.52. The molecule has 5 atom stereocenters. The van der Waals surface area contributed by atoms with Crippen molar-refractivity contribution < 1.29 is 9.90 Å². The van der Waals surface area contributed by atoms with Gasteiger partial charge in [-0.15, -0.1) is 0 Å². The van der Waals surface area contributed by atoms with E-state index in [4.69, 9.17) is 5.73 Å². The lowest BCUT2D eigenvalue weighted by Gasteiger charge is -2.48. The van der Waals surface area contributed by atoms with Crippen molar-refractivity contribution in [2.24, 2.45) is 28.9 Å². The van der Waals surface area contributed by atoms with Crippen molar-refractivity contribution in [2.75, 3.05) is 13.1 Å². The second-order valence-electron chi connectivity index (χ2n) is 7.52. The predicted molar refractivity (Wildman–Crippen MR) is 80.0 cm³/mol. The van der Waals surface area contributed by atoms with Gasteiger partial charge >= 0.3 is 0 Å². The Morgan fingerprint density at radius 1 is 1.25 bits per heavy atom. The van der Waals surface area contributed by atoms with Crippen LogP contribution in [0, 0.1) is 23.2 Å². The van der Waals surface area contributed by atoms with E-state index in [-0.39, 0.29) is 35.3 Å². The van der Waals surface area contributed by atoms with Crippen LogP contribution in [0.1, 0.15) is 47.0 Å². The molecule has 2 aliphatic rings. The third-order valence-corrected chi connectivity index (χ3v) is 5.97. The topological polar surface area (TPSA) is 66.6 Å². The van der Waals surface area contributed by atoms with Gasteiger partial charge in [0.2, 0.25) is 5.91 Å². The van der Waals surface area contributed by atoms with E-state index in [1.165, 1.54) is 0 Å². The number of piperidine rings is 1. The molecule has 0 aromatic heterocycles. The fraction of sp³-hybridized carbons (Fsp3) is 0.938. The molecule has 2 rings (SSSR count). The van der Waals surface area contributed by atoms with Gasteiger partial charge < -0.3 is 15.7 Å². The Balaban J connectivity index is 2.09. The molecule has 1 saturated carbocycles. The molecule has 1 heterocycles. The van der Waals surface area contributed by atoms with E-state index in [0.29, 0.717) is 25.4 Å². The maximum absolute atomic E-state index is 12.9. The third kappa shape index (κ3) is 2.73. The van der Waals surface area contributed by atoms with E-state index >= 15 is 0 Å². The Bertz CT molecular complexity index is 369. The van der Waals surface area contributed by atoms with Crippen molar-refractivity contribution in [3.8, 4) is 0 Å². The summed E-state index contributed by atoms with van der Waals surface area (Å²) in [6, 6.07) is 0.205. The van der Waals surface area contributed by atoms with Crippen LogP contribution in [0.5, 0.6) is 0 Å². The zero-order valence-corrected chi connectivity index (χ0v) is 13.3. The largest absolute Gasteiger partial charge is 0.393 e. The smallest absolute Gasteiger partial charge is 0.226 e. The Labute approximate surface area is 122 Å². The van der Waals surface area contributed by atoms with Gasteiger partial charge in [-0.25, -0.2) is 0 Å². The van der Waals surface area contributed by atoms with Crippen LogP contribution in [0.15, 0.2) is 0 Å². The maximum atomic E-state index is 12.9. The summed E-state index contributed by atoms with van der Waals surface area (Å²) in [6.45, 7) is 9.94. The number of aliphatic hydroxyl groups excluding tert-OH is 1. The molecule has 4 heteroatoms. The van der Waals surface area contributed by atoms with Gasteiger partial charge in [0.05, 0.1) is 6.10 Å². The predicted octanol–water partition coefficient (Wildman–Crippen LogP) is 1.62. The van der Waals surface area contributed by atoms with E-state index in [9.17, 15) is 9.90 Å². The van der Waals surface area contributed by atoms with Crippen molar-refractivity contribution in [3.63, 3.8) is 0 Å². The van der Waals surface area contributed by atoms with Crippen LogP contribution in [0.2, 0.25) is 0 Å². The highest BCUT2D eigenvalue weighted by atomic mass is 16.3. The molecule has 1 aliphatic carbocycles. The van der Waals surface area contributed by atoms with E-state index in [2.05, 4.69) is 20.8 Å².